The van der Waals surface area contributed by atoms with E-state index in [-0.39, 0.29) is 18.0 Å². The Morgan fingerprint density at radius 3 is 2.62 bits per heavy atom. The number of aryl methyl sites for hydroxylation is 1. The van der Waals surface area contributed by atoms with Gasteiger partial charge in [0.1, 0.15) is 10.7 Å². The molecule has 0 bridgehead atoms. The fraction of sp³-hybridized carbons (Fsp3) is 0.286. The minimum absolute atomic E-state index is 0.0195. The van der Waals surface area contributed by atoms with E-state index < -0.39 is 15.8 Å². The molecular weight excluding hydrogens is 311 g/mol. The van der Waals surface area contributed by atoms with E-state index in [0.29, 0.717) is 16.0 Å². The van der Waals surface area contributed by atoms with Crippen LogP contribution in [0.1, 0.15) is 16.0 Å². The molecule has 0 fully saturated rings. The molecular formula is C14H17FN2O2S2. The van der Waals surface area contributed by atoms with Crippen LogP contribution in [0, 0.1) is 12.7 Å². The Labute approximate surface area is 128 Å². The summed E-state index contributed by atoms with van der Waals surface area (Å²) in [5.41, 5.74) is 6.61. The number of sulfonamides is 1. The molecule has 2 N–H and O–H groups in total. The summed E-state index contributed by atoms with van der Waals surface area (Å²) in [6, 6.07) is 6.14. The second kappa shape index (κ2) is 6.23. The van der Waals surface area contributed by atoms with Gasteiger partial charge in [0.25, 0.3) is 0 Å². The maximum atomic E-state index is 13.7. The third-order valence-electron chi connectivity index (χ3n) is 3.19. The zero-order chi connectivity index (χ0) is 15.6. The van der Waals surface area contributed by atoms with Crippen LogP contribution in [-0.2, 0) is 23.1 Å². The number of thiophene rings is 1. The third-order valence-corrected chi connectivity index (χ3v) is 6.48. The number of rotatable bonds is 5. The fourth-order valence-corrected chi connectivity index (χ4v) is 4.88. The summed E-state index contributed by atoms with van der Waals surface area (Å²) < 4.78 is 40.1. The van der Waals surface area contributed by atoms with Crippen molar-refractivity contribution in [2.24, 2.45) is 5.73 Å². The topological polar surface area (TPSA) is 63.4 Å². The molecule has 0 amide bonds. The number of halogens is 1. The Kier molecular flexibility index (Phi) is 4.77. The monoisotopic (exact) mass is 328 g/mol. The molecule has 0 aliphatic rings. The standard InChI is InChI=1S/C14H17FN2O2S2/c1-10-9-20-13(7-16)14(10)21(18,19)17(2)8-11-5-3-4-6-12(11)15/h3-6,9H,7-8,16H2,1-2H3. The first-order valence-electron chi connectivity index (χ1n) is 6.34. The van der Waals surface area contributed by atoms with Gasteiger partial charge in [0, 0.05) is 30.6 Å². The summed E-state index contributed by atoms with van der Waals surface area (Å²) in [5, 5.41) is 1.77. The highest BCUT2D eigenvalue weighted by Crippen LogP contribution is 2.29. The molecule has 2 rings (SSSR count). The van der Waals surface area contributed by atoms with Crippen molar-refractivity contribution in [2.75, 3.05) is 7.05 Å². The van der Waals surface area contributed by atoms with Crippen LogP contribution in [0.3, 0.4) is 0 Å². The van der Waals surface area contributed by atoms with E-state index in [4.69, 9.17) is 5.73 Å². The van der Waals surface area contributed by atoms with Gasteiger partial charge in [0.15, 0.2) is 0 Å². The smallest absolute Gasteiger partial charge is 0.244 e. The normalized spacial score (nSPS) is 12.0. The average molecular weight is 328 g/mol. The molecule has 0 saturated carbocycles. The number of hydrogen-bond donors (Lipinski definition) is 1. The van der Waals surface area contributed by atoms with Gasteiger partial charge >= 0.3 is 0 Å². The summed E-state index contributed by atoms with van der Waals surface area (Å²) in [4.78, 5) is 0.863. The summed E-state index contributed by atoms with van der Waals surface area (Å²) >= 11 is 1.32. The van der Waals surface area contributed by atoms with Crippen molar-refractivity contribution in [2.45, 2.75) is 24.9 Å². The van der Waals surface area contributed by atoms with Gasteiger partial charge in [0.05, 0.1) is 0 Å². The molecule has 2 aromatic rings. The van der Waals surface area contributed by atoms with Crippen LogP contribution in [0.2, 0.25) is 0 Å². The van der Waals surface area contributed by atoms with Gasteiger partial charge in [-0.25, -0.2) is 12.8 Å². The second-order valence-electron chi connectivity index (χ2n) is 4.73. The Morgan fingerprint density at radius 1 is 1.33 bits per heavy atom. The predicted molar refractivity (Wildman–Crippen MR) is 82.0 cm³/mol. The van der Waals surface area contributed by atoms with E-state index in [1.54, 1.807) is 30.5 Å². The molecule has 114 valence electrons. The number of nitrogens with zero attached hydrogens (tertiary/aromatic N) is 1. The van der Waals surface area contributed by atoms with Crippen LogP contribution in [0.5, 0.6) is 0 Å². The second-order valence-corrected chi connectivity index (χ2v) is 7.67. The number of benzene rings is 1. The summed E-state index contributed by atoms with van der Waals surface area (Å²) in [6.45, 7) is 1.88. The predicted octanol–water partition coefficient (Wildman–Crippen LogP) is 2.48. The molecule has 1 heterocycles. The quantitative estimate of drug-likeness (QED) is 0.917. The molecule has 0 saturated heterocycles. The summed E-state index contributed by atoms with van der Waals surface area (Å²) in [5.74, 6) is -0.416. The van der Waals surface area contributed by atoms with Crippen LogP contribution in [0.25, 0.3) is 0 Å². The van der Waals surface area contributed by atoms with E-state index in [1.165, 1.54) is 24.5 Å². The Morgan fingerprint density at radius 2 is 2.00 bits per heavy atom. The van der Waals surface area contributed by atoms with E-state index >= 15 is 0 Å². The first-order valence-corrected chi connectivity index (χ1v) is 8.66. The SMILES string of the molecule is Cc1csc(CN)c1S(=O)(=O)N(C)Cc1ccccc1F. The Hall–Kier alpha value is -1.28. The lowest BCUT2D eigenvalue weighted by Gasteiger charge is -2.18. The number of nitrogens with two attached hydrogens (primary N) is 1. The number of hydrogen-bond acceptors (Lipinski definition) is 4. The summed E-state index contributed by atoms with van der Waals surface area (Å²) in [7, 11) is -2.24. The van der Waals surface area contributed by atoms with E-state index in [9.17, 15) is 12.8 Å². The molecule has 1 aromatic carbocycles. The van der Waals surface area contributed by atoms with Gasteiger partial charge in [-0.05, 0) is 23.9 Å². The zero-order valence-corrected chi connectivity index (χ0v) is 13.5. The van der Waals surface area contributed by atoms with Gasteiger partial charge in [-0.15, -0.1) is 11.3 Å². The highest BCUT2D eigenvalue weighted by atomic mass is 32.2. The Balaban J connectivity index is 2.35. The van der Waals surface area contributed by atoms with Crippen molar-refractivity contribution in [3.63, 3.8) is 0 Å². The largest absolute Gasteiger partial charge is 0.326 e. The van der Waals surface area contributed by atoms with Crippen molar-refractivity contribution < 1.29 is 12.8 Å². The lowest BCUT2D eigenvalue weighted by Crippen LogP contribution is -2.28. The van der Waals surface area contributed by atoms with Gasteiger partial charge in [0.2, 0.25) is 10.0 Å². The van der Waals surface area contributed by atoms with Crippen molar-refractivity contribution in [1.82, 2.24) is 4.31 Å². The van der Waals surface area contributed by atoms with E-state index in [0.717, 1.165) is 4.31 Å². The fourth-order valence-electron chi connectivity index (χ4n) is 2.08. The van der Waals surface area contributed by atoms with Crippen LogP contribution >= 0.6 is 11.3 Å². The van der Waals surface area contributed by atoms with Crippen molar-refractivity contribution in [1.29, 1.82) is 0 Å². The first-order chi connectivity index (χ1) is 9.87. The van der Waals surface area contributed by atoms with E-state index in [2.05, 4.69) is 0 Å². The van der Waals surface area contributed by atoms with Crippen LogP contribution in [-0.4, -0.2) is 19.8 Å². The van der Waals surface area contributed by atoms with Gasteiger partial charge in [-0.1, -0.05) is 18.2 Å². The molecule has 7 heteroatoms. The maximum absolute atomic E-state index is 13.7. The lowest BCUT2D eigenvalue weighted by atomic mass is 10.2. The first kappa shape index (κ1) is 16.1. The summed E-state index contributed by atoms with van der Waals surface area (Å²) in [6.07, 6.45) is 0. The molecule has 0 unspecified atom stereocenters. The van der Waals surface area contributed by atoms with E-state index in [1.807, 2.05) is 0 Å². The maximum Gasteiger partial charge on any atom is 0.244 e. The molecule has 0 spiro atoms. The zero-order valence-electron chi connectivity index (χ0n) is 11.8. The highest BCUT2D eigenvalue weighted by molar-refractivity contribution is 7.89. The van der Waals surface area contributed by atoms with Crippen molar-refractivity contribution in [3.8, 4) is 0 Å². The molecule has 1 aromatic heterocycles. The van der Waals surface area contributed by atoms with Gasteiger partial charge in [-0.2, -0.15) is 4.31 Å². The van der Waals surface area contributed by atoms with Gasteiger partial charge in [-0.3, -0.25) is 0 Å². The van der Waals surface area contributed by atoms with Crippen LogP contribution < -0.4 is 5.73 Å². The molecule has 21 heavy (non-hydrogen) atoms. The minimum Gasteiger partial charge on any atom is -0.326 e. The highest BCUT2D eigenvalue weighted by Gasteiger charge is 2.27. The van der Waals surface area contributed by atoms with Crippen molar-refractivity contribution in [3.05, 3.63) is 51.5 Å². The third kappa shape index (κ3) is 3.16. The average Bonchev–Trinajstić information content (AvgIpc) is 2.83. The van der Waals surface area contributed by atoms with Crippen molar-refractivity contribution >= 4 is 21.4 Å². The van der Waals surface area contributed by atoms with Crippen LogP contribution in [0.4, 0.5) is 4.39 Å². The Bertz CT molecular complexity index is 741. The molecule has 0 aliphatic heterocycles. The van der Waals surface area contributed by atoms with Crippen LogP contribution in [0.15, 0.2) is 34.5 Å². The lowest BCUT2D eigenvalue weighted by molar-refractivity contribution is 0.455. The minimum atomic E-state index is -3.69. The van der Waals surface area contributed by atoms with Gasteiger partial charge < -0.3 is 5.73 Å². The molecule has 0 atom stereocenters. The molecule has 0 aliphatic carbocycles. The molecule has 4 nitrogen and oxygen atoms in total. The molecule has 0 radical (unpaired) electrons.